The van der Waals surface area contributed by atoms with Gasteiger partial charge in [0, 0.05) is 12.2 Å². The highest BCUT2D eigenvalue weighted by molar-refractivity contribution is 7.80. The number of rotatable bonds is 4. The molecule has 6 heteroatoms. The normalized spacial score (nSPS) is 10.9. The standard InChI is InChI=1S/C15H23N3O2S/c1-10-11(6-5-7-12(10)18-13(16)21)8-9-17-14(19)20-15(2,3)4/h5-7H,8-9H2,1-4H3,(H,17,19)(H3,16,18,21). The molecule has 0 aromatic heterocycles. The third-order valence-corrected chi connectivity index (χ3v) is 2.87. The Labute approximate surface area is 131 Å². The topological polar surface area (TPSA) is 76.4 Å². The highest BCUT2D eigenvalue weighted by Crippen LogP contribution is 2.19. The van der Waals surface area contributed by atoms with E-state index in [1.54, 1.807) is 0 Å². The molecule has 0 radical (unpaired) electrons. The van der Waals surface area contributed by atoms with E-state index in [2.05, 4.69) is 10.6 Å². The number of ether oxygens (including phenoxy) is 1. The monoisotopic (exact) mass is 309 g/mol. The van der Waals surface area contributed by atoms with Crippen LogP contribution in [0.15, 0.2) is 18.2 Å². The average molecular weight is 309 g/mol. The molecule has 0 atom stereocenters. The molecule has 0 saturated carbocycles. The van der Waals surface area contributed by atoms with Crippen molar-refractivity contribution in [2.45, 2.75) is 39.7 Å². The molecule has 0 unspecified atom stereocenters. The molecule has 1 aromatic carbocycles. The van der Waals surface area contributed by atoms with E-state index in [1.165, 1.54) is 0 Å². The summed E-state index contributed by atoms with van der Waals surface area (Å²) in [7, 11) is 0. The van der Waals surface area contributed by atoms with Crippen LogP contribution in [0.1, 0.15) is 31.9 Å². The molecule has 116 valence electrons. The van der Waals surface area contributed by atoms with E-state index in [4.69, 9.17) is 22.7 Å². The van der Waals surface area contributed by atoms with Crippen molar-refractivity contribution in [3.8, 4) is 0 Å². The fourth-order valence-electron chi connectivity index (χ4n) is 1.84. The maximum Gasteiger partial charge on any atom is 0.407 e. The predicted molar refractivity (Wildman–Crippen MR) is 89.5 cm³/mol. The minimum absolute atomic E-state index is 0.238. The van der Waals surface area contributed by atoms with Gasteiger partial charge >= 0.3 is 6.09 Å². The molecule has 0 heterocycles. The number of hydrogen-bond donors (Lipinski definition) is 3. The third kappa shape index (κ3) is 6.44. The van der Waals surface area contributed by atoms with Gasteiger partial charge in [-0.1, -0.05) is 12.1 Å². The van der Waals surface area contributed by atoms with Crippen molar-refractivity contribution in [2.75, 3.05) is 11.9 Å². The van der Waals surface area contributed by atoms with Crippen LogP contribution in [0.4, 0.5) is 10.5 Å². The molecule has 1 aromatic rings. The lowest BCUT2D eigenvalue weighted by Crippen LogP contribution is -2.33. The van der Waals surface area contributed by atoms with Crippen molar-refractivity contribution in [3.63, 3.8) is 0 Å². The van der Waals surface area contributed by atoms with E-state index in [0.717, 1.165) is 16.8 Å². The van der Waals surface area contributed by atoms with Crippen LogP contribution in [0.3, 0.4) is 0 Å². The molecule has 5 nitrogen and oxygen atoms in total. The van der Waals surface area contributed by atoms with E-state index in [9.17, 15) is 4.79 Å². The van der Waals surface area contributed by atoms with Crippen LogP contribution in [-0.2, 0) is 11.2 Å². The minimum Gasteiger partial charge on any atom is -0.444 e. The largest absolute Gasteiger partial charge is 0.444 e. The van der Waals surface area contributed by atoms with Gasteiger partial charge in [-0.2, -0.15) is 0 Å². The van der Waals surface area contributed by atoms with Crippen LogP contribution in [-0.4, -0.2) is 23.4 Å². The van der Waals surface area contributed by atoms with Crippen LogP contribution in [0, 0.1) is 6.92 Å². The first kappa shape index (κ1) is 17.2. The molecular formula is C15H23N3O2S. The summed E-state index contributed by atoms with van der Waals surface area (Å²) in [5.74, 6) is 0. The fourth-order valence-corrected chi connectivity index (χ4v) is 1.95. The summed E-state index contributed by atoms with van der Waals surface area (Å²) in [6, 6.07) is 5.85. The maximum absolute atomic E-state index is 11.6. The second-order valence-corrected chi connectivity index (χ2v) is 6.20. The van der Waals surface area contributed by atoms with Gasteiger partial charge in [0.05, 0.1) is 0 Å². The minimum atomic E-state index is -0.485. The van der Waals surface area contributed by atoms with Gasteiger partial charge in [0.25, 0.3) is 0 Å². The summed E-state index contributed by atoms with van der Waals surface area (Å²) < 4.78 is 5.19. The summed E-state index contributed by atoms with van der Waals surface area (Å²) in [5, 5.41) is 5.92. The number of nitrogens with two attached hydrogens (primary N) is 1. The van der Waals surface area contributed by atoms with Crippen molar-refractivity contribution in [1.29, 1.82) is 0 Å². The SMILES string of the molecule is Cc1c(CCNC(=O)OC(C)(C)C)cccc1NC(N)=S. The average Bonchev–Trinajstić information content (AvgIpc) is 2.31. The number of alkyl carbamates (subject to hydrolysis) is 1. The van der Waals surface area contributed by atoms with E-state index in [1.807, 2.05) is 45.9 Å². The van der Waals surface area contributed by atoms with E-state index < -0.39 is 11.7 Å². The summed E-state index contributed by atoms with van der Waals surface area (Å²) in [6.07, 6.45) is 0.301. The number of benzene rings is 1. The Morgan fingerprint density at radius 2 is 2.05 bits per heavy atom. The lowest BCUT2D eigenvalue weighted by atomic mass is 10.0. The van der Waals surface area contributed by atoms with Gasteiger partial charge in [0.2, 0.25) is 0 Å². The molecular weight excluding hydrogens is 286 g/mol. The van der Waals surface area contributed by atoms with Crippen molar-refractivity contribution < 1.29 is 9.53 Å². The van der Waals surface area contributed by atoms with E-state index in [-0.39, 0.29) is 5.11 Å². The lowest BCUT2D eigenvalue weighted by Gasteiger charge is -2.20. The first-order chi connectivity index (χ1) is 9.69. The summed E-state index contributed by atoms with van der Waals surface area (Å²) in [5.41, 5.74) is 8.07. The van der Waals surface area contributed by atoms with Crippen molar-refractivity contribution in [1.82, 2.24) is 5.32 Å². The zero-order valence-corrected chi connectivity index (χ0v) is 13.8. The Balaban J connectivity index is 2.56. The van der Waals surface area contributed by atoms with Crippen molar-refractivity contribution in [3.05, 3.63) is 29.3 Å². The van der Waals surface area contributed by atoms with E-state index >= 15 is 0 Å². The molecule has 4 N–H and O–H groups in total. The van der Waals surface area contributed by atoms with Gasteiger partial charge in [-0.25, -0.2) is 4.79 Å². The van der Waals surface area contributed by atoms with Gasteiger partial charge in [0.15, 0.2) is 5.11 Å². The summed E-state index contributed by atoms with van der Waals surface area (Å²) >= 11 is 4.85. The summed E-state index contributed by atoms with van der Waals surface area (Å²) in [6.45, 7) is 8.00. The lowest BCUT2D eigenvalue weighted by molar-refractivity contribution is 0.0528. The molecule has 0 aliphatic rings. The smallest absolute Gasteiger partial charge is 0.407 e. The first-order valence-corrected chi connectivity index (χ1v) is 7.21. The molecule has 0 aliphatic heterocycles. The Hall–Kier alpha value is -1.82. The Kier molecular flexibility index (Phi) is 5.96. The number of hydrogen-bond acceptors (Lipinski definition) is 3. The molecule has 1 rings (SSSR count). The molecule has 0 spiro atoms. The third-order valence-electron chi connectivity index (χ3n) is 2.77. The number of carbonyl (C=O) groups is 1. The first-order valence-electron chi connectivity index (χ1n) is 6.81. The zero-order valence-electron chi connectivity index (χ0n) is 12.9. The molecule has 1 amide bonds. The second kappa shape index (κ2) is 7.26. The van der Waals surface area contributed by atoms with E-state index in [0.29, 0.717) is 13.0 Å². The Bertz CT molecular complexity index is 524. The highest BCUT2D eigenvalue weighted by Gasteiger charge is 2.15. The zero-order chi connectivity index (χ0) is 16.0. The Morgan fingerprint density at radius 3 is 2.62 bits per heavy atom. The quantitative estimate of drug-likeness (QED) is 0.746. The number of nitrogens with one attached hydrogen (secondary N) is 2. The Morgan fingerprint density at radius 1 is 1.38 bits per heavy atom. The second-order valence-electron chi connectivity index (χ2n) is 5.76. The van der Waals surface area contributed by atoms with Gasteiger partial charge in [0.1, 0.15) is 5.60 Å². The van der Waals surface area contributed by atoms with Gasteiger partial charge in [-0.05, 0) is 63.5 Å². The predicted octanol–water partition coefficient (Wildman–Crippen LogP) is 2.72. The van der Waals surface area contributed by atoms with Gasteiger partial charge in [-0.15, -0.1) is 0 Å². The van der Waals surface area contributed by atoms with Crippen molar-refractivity contribution >= 4 is 29.1 Å². The van der Waals surface area contributed by atoms with Crippen LogP contribution in [0.5, 0.6) is 0 Å². The summed E-state index contributed by atoms with van der Waals surface area (Å²) in [4.78, 5) is 11.6. The van der Waals surface area contributed by atoms with Crippen LogP contribution >= 0.6 is 12.2 Å². The van der Waals surface area contributed by atoms with Crippen LogP contribution < -0.4 is 16.4 Å². The number of carbonyl (C=O) groups excluding carboxylic acids is 1. The number of amides is 1. The van der Waals surface area contributed by atoms with Gasteiger partial charge < -0.3 is 21.1 Å². The highest BCUT2D eigenvalue weighted by atomic mass is 32.1. The number of thiocarbonyl (C=S) groups is 1. The molecule has 0 aliphatic carbocycles. The molecule has 0 bridgehead atoms. The van der Waals surface area contributed by atoms with Crippen molar-refractivity contribution in [2.24, 2.45) is 5.73 Å². The number of anilines is 1. The molecule has 21 heavy (non-hydrogen) atoms. The fraction of sp³-hybridized carbons (Fsp3) is 0.467. The van der Waals surface area contributed by atoms with Gasteiger partial charge in [-0.3, -0.25) is 0 Å². The molecule has 0 fully saturated rings. The van der Waals surface area contributed by atoms with Crippen LogP contribution in [0.25, 0.3) is 0 Å². The molecule has 0 saturated heterocycles. The van der Waals surface area contributed by atoms with Crippen LogP contribution in [0.2, 0.25) is 0 Å². The maximum atomic E-state index is 11.6.